The first-order valence-corrected chi connectivity index (χ1v) is 4.08. The zero-order valence-corrected chi connectivity index (χ0v) is 6.66. The summed E-state index contributed by atoms with van der Waals surface area (Å²) in [5.74, 6) is 2.36. The average Bonchev–Trinajstić information content (AvgIpc) is 2.60. The van der Waals surface area contributed by atoms with Gasteiger partial charge in [0.1, 0.15) is 5.76 Å². The summed E-state index contributed by atoms with van der Waals surface area (Å²) in [7, 11) is 0. The molecular formula is C9H13NO. The van der Waals surface area contributed by atoms with Crippen LogP contribution in [0, 0.1) is 5.92 Å². The van der Waals surface area contributed by atoms with E-state index in [2.05, 4.69) is 6.92 Å². The zero-order chi connectivity index (χ0) is 7.84. The van der Waals surface area contributed by atoms with Crippen LogP contribution in [0.3, 0.4) is 0 Å². The lowest BCUT2D eigenvalue weighted by Gasteiger charge is -2.00. The minimum atomic E-state index is 0.310. The summed E-state index contributed by atoms with van der Waals surface area (Å²) in [6.45, 7) is 2.06. The zero-order valence-electron chi connectivity index (χ0n) is 6.66. The fourth-order valence-corrected chi connectivity index (χ4v) is 1.63. The molecule has 1 fully saturated rings. The van der Waals surface area contributed by atoms with Crippen LogP contribution in [0.2, 0.25) is 0 Å². The summed E-state index contributed by atoms with van der Waals surface area (Å²) in [6.07, 6.45) is 2.93. The number of hydrogen-bond donors (Lipinski definition) is 1. The Kier molecular flexibility index (Phi) is 1.50. The van der Waals surface area contributed by atoms with E-state index in [0.29, 0.717) is 17.9 Å². The van der Waals surface area contributed by atoms with Crippen LogP contribution in [-0.4, -0.2) is 6.04 Å². The predicted molar refractivity (Wildman–Crippen MR) is 43.2 cm³/mol. The van der Waals surface area contributed by atoms with Crippen molar-refractivity contribution in [2.75, 3.05) is 0 Å². The molecule has 2 heteroatoms. The summed E-state index contributed by atoms with van der Waals surface area (Å²) >= 11 is 0. The Morgan fingerprint density at radius 1 is 1.73 bits per heavy atom. The van der Waals surface area contributed by atoms with Gasteiger partial charge in [-0.05, 0) is 31.4 Å². The van der Waals surface area contributed by atoms with E-state index in [1.54, 1.807) is 6.26 Å². The first-order valence-electron chi connectivity index (χ1n) is 4.08. The molecule has 2 nitrogen and oxygen atoms in total. The van der Waals surface area contributed by atoms with Crippen molar-refractivity contribution in [3.8, 4) is 0 Å². The van der Waals surface area contributed by atoms with E-state index in [1.165, 1.54) is 6.42 Å². The van der Waals surface area contributed by atoms with Gasteiger partial charge in [-0.2, -0.15) is 0 Å². The molecule has 1 aromatic heterocycles. The monoisotopic (exact) mass is 151 g/mol. The molecule has 0 aliphatic heterocycles. The number of furan rings is 1. The summed E-state index contributed by atoms with van der Waals surface area (Å²) in [5, 5.41) is 0. The Labute approximate surface area is 66.4 Å². The Hall–Kier alpha value is -0.760. The van der Waals surface area contributed by atoms with Crippen molar-refractivity contribution in [3.63, 3.8) is 0 Å². The Morgan fingerprint density at radius 2 is 2.55 bits per heavy atom. The number of hydrogen-bond acceptors (Lipinski definition) is 2. The highest BCUT2D eigenvalue weighted by atomic mass is 16.3. The highest BCUT2D eigenvalue weighted by molar-refractivity contribution is 5.16. The van der Waals surface area contributed by atoms with Crippen LogP contribution in [0.5, 0.6) is 0 Å². The number of rotatable bonds is 2. The lowest BCUT2D eigenvalue weighted by Crippen LogP contribution is -2.17. The lowest BCUT2D eigenvalue weighted by molar-refractivity contribution is 0.493. The Balaban J connectivity index is 2.02. The van der Waals surface area contributed by atoms with E-state index >= 15 is 0 Å². The number of nitrogens with two attached hydrogens (primary N) is 1. The molecule has 0 bridgehead atoms. The van der Waals surface area contributed by atoms with Gasteiger partial charge in [0.25, 0.3) is 0 Å². The molecule has 2 rings (SSSR count). The second-order valence-corrected chi connectivity index (χ2v) is 3.38. The highest BCUT2D eigenvalue weighted by Gasteiger charge is 2.42. The van der Waals surface area contributed by atoms with Gasteiger partial charge in [-0.15, -0.1) is 0 Å². The van der Waals surface area contributed by atoms with Crippen LogP contribution in [0.15, 0.2) is 22.8 Å². The van der Waals surface area contributed by atoms with Crippen LogP contribution < -0.4 is 5.73 Å². The molecule has 0 saturated heterocycles. The van der Waals surface area contributed by atoms with E-state index in [4.69, 9.17) is 10.2 Å². The van der Waals surface area contributed by atoms with E-state index in [9.17, 15) is 0 Å². The molecule has 1 heterocycles. The second-order valence-electron chi connectivity index (χ2n) is 3.38. The molecule has 0 radical (unpaired) electrons. The summed E-state index contributed by atoms with van der Waals surface area (Å²) < 4.78 is 5.28. The Morgan fingerprint density at radius 3 is 3.00 bits per heavy atom. The van der Waals surface area contributed by atoms with E-state index in [-0.39, 0.29) is 0 Å². The molecule has 60 valence electrons. The standard InChI is InChI=1S/C9H13NO/c1-6(10)7-5-8(7)9-3-2-4-11-9/h2-4,6-8H,5,10H2,1H3/t6-,7-,8-/m0/s1. The average molecular weight is 151 g/mol. The predicted octanol–water partition coefficient (Wildman–Crippen LogP) is 1.73. The maximum absolute atomic E-state index is 5.75. The smallest absolute Gasteiger partial charge is 0.107 e. The molecule has 1 aliphatic carbocycles. The van der Waals surface area contributed by atoms with Crippen molar-refractivity contribution < 1.29 is 4.42 Å². The quantitative estimate of drug-likeness (QED) is 0.699. The molecule has 1 saturated carbocycles. The molecule has 11 heavy (non-hydrogen) atoms. The third-order valence-electron chi connectivity index (χ3n) is 2.42. The van der Waals surface area contributed by atoms with E-state index in [1.807, 2.05) is 12.1 Å². The van der Waals surface area contributed by atoms with Crippen molar-refractivity contribution in [2.24, 2.45) is 11.7 Å². The Bertz CT molecular complexity index is 228. The summed E-state index contributed by atoms with van der Waals surface area (Å²) in [6, 6.07) is 4.28. The van der Waals surface area contributed by atoms with Crippen LogP contribution >= 0.6 is 0 Å². The van der Waals surface area contributed by atoms with E-state index < -0.39 is 0 Å². The minimum absolute atomic E-state index is 0.310. The first-order chi connectivity index (χ1) is 5.29. The fraction of sp³-hybridized carbons (Fsp3) is 0.556. The van der Waals surface area contributed by atoms with Crippen molar-refractivity contribution in [3.05, 3.63) is 24.2 Å². The topological polar surface area (TPSA) is 39.2 Å². The SMILES string of the molecule is C[C@H](N)[C@@H]1C[C@@H]1c1ccco1. The third kappa shape index (κ3) is 1.18. The molecule has 0 amide bonds. The van der Waals surface area contributed by atoms with Gasteiger partial charge in [-0.3, -0.25) is 0 Å². The summed E-state index contributed by atoms with van der Waals surface area (Å²) in [4.78, 5) is 0. The lowest BCUT2D eigenvalue weighted by atomic mass is 10.2. The molecule has 1 aromatic rings. The van der Waals surface area contributed by atoms with E-state index in [0.717, 1.165) is 5.76 Å². The first kappa shape index (κ1) is 6.92. The largest absolute Gasteiger partial charge is 0.469 e. The van der Waals surface area contributed by atoms with Gasteiger partial charge in [-0.1, -0.05) is 0 Å². The minimum Gasteiger partial charge on any atom is -0.469 e. The van der Waals surface area contributed by atoms with Gasteiger partial charge in [0.15, 0.2) is 0 Å². The molecule has 1 aliphatic rings. The maximum atomic E-state index is 5.75. The van der Waals surface area contributed by atoms with Crippen molar-refractivity contribution in [1.29, 1.82) is 0 Å². The van der Waals surface area contributed by atoms with Crippen molar-refractivity contribution >= 4 is 0 Å². The third-order valence-corrected chi connectivity index (χ3v) is 2.42. The maximum Gasteiger partial charge on any atom is 0.107 e. The van der Waals surface area contributed by atoms with Gasteiger partial charge in [-0.25, -0.2) is 0 Å². The van der Waals surface area contributed by atoms with Gasteiger partial charge in [0.2, 0.25) is 0 Å². The van der Waals surface area contributed by atoms with Crippen LogP contribution in [0.25, 0.3) is 0 Å². The highest BCUT2D eigenvalue weighted by Crippen LogP contribution is 2.48. The second kappa shape index (κ2) is 2.38. The van der Waals surface area contributed by atoms with Gasteiger partial charge >= 0.3 is 0 Å². The molecule has 2 N–H and O–H groups in total. The van der Waals surface area contributed by atoms with Crippen molar-refractivity contribution in [2.45, 2.75) is 25.3 Å². The van der Waals surface area contributed by atoms with Crippen molar-refractivity contribution in [1.82, 2.24) is 0 Å². The summed E-state index contributed by atoms with van der Waals surface area (Å²) in [5.41, 5.74) is 5.75. The van der Waals surface area contributed by atoms with Gasteiger partial charge in [0, 0.05) is 12.0 Å². The van der Waals surface area contributed by atoms with Crippen LogP contribution in [-0.2, 0) is 0 Å². The molecule has 0 aromatic carbocycles. The molecule has 0 spiro atoms. The van der Waals surface area contributed by atoms with Crippen LogP contribution in [0.1, 0.15) is 25.0 Å². The van der Waals surface area contributed by atoms with Gasteiger partial charge < -0.3 is 10.2 Å². The van der Waals surface area contributed by atoms with Crippen LogP contribution in [0.4, 0.5) is 0 Å². The molecule has 0 unspecified atom stereocenters. The normalized spacial score (nSPS) is 31.8. The van der Waals surface area contributed by atoms with Gasteiger partial charge in [0.05, 0.1) is 6.26 Å². The molecular weight excluding hydrogens is 138 g/mol. The fourth-order valence-electron chi connectivity index (χ4n) is 1.63. The molecule has 3 atom stereocenters.